The zero-order valence-corrected chi connectivity index (χ0v) is 23.8. The molecular weight excluding hydrogens is 447 g/mol. The first-order chi connectivity index (χ1) is 14.6. The predicted octanol–water partition coefficient (Wildman–Crippen LogP) is 9.41. The van der Waals surface area contributed by atoms with Gasteiger partial charge in [0.25, 0.3) is 0 Å². The first kappa shape index (κ1) is 29.3. The van der Waals surface area contributed by atoms with Crippen molar-refractivity contribution in [3.63, 3.8) is 0 Å². The van der Waals surface area contributed by atoms with E-state index in [9.17, 15) is 0 Å². The molecule has 0 spiro atoms. The van der Waals surface area contributed by atoms with Crippen LogP contribution in [0.25, 0.3) is 0 Å². The van der Waals surface area contributed by atoms with Gasteiger partial charge in [-0.15, -0.1) is 0 Å². The van der Waals surface area contributed by atoms with Gasteiger partial charge >= 0.3 is 0 Å². The molecule has 0 unspecified atom stereocenters. The second-order valence-electron chi connectivity index (χ2n) is 11.7. The van der Waals surface area contributed by atoms with Crippen LogP contribution in [-0.2, 0) is 27.3 Å². The van der Waals surface area contributed by atoms with Crippen LogP contribution in [0.2, 0.25) is 0 Å². The summed E-state index contributed by atoms with van der Waals surface area (Å²) in [6.07, 6.45) is 0. The second-order valence-corrected chi connectivity index (χ2v) is 11.7. The minimum absolute atomic E-state index is 0. The van der Waals surface area contributed by atoms with E-state index in [1.54, 1.807) is 0 Å². The molecule has 0 amide bonds. The van der Waals surface area contributed by atoms with Crippen molar-refractivity contribution in [2.75, 3.05) is 0 Å². The Morgan fingerprint density at radius 3 is 1.61 bits per heavy atom. The molecular formula is C30H44N2Ni. The van der Waals surface area contributed by atoms with E-state index in [1.807, 2.05) is 0 Å². The summed E-state index contributed by atoms with van der Waals surface area (Å²) in [5, 5.41) is 0. The number of rotatable bonds is 5. The summed E-state index contributed by atoms with van der Waals surface area (Å²) in [5.74, 6) is 0.849. The zero-order valence-electron chi connectivity index (χ0n) is 22.8. The molecule has 0 atom stereocenters. The first-order valence-electron chi connectivity index (χ1n) is 12.0. The van der Waals surface area contributed by atoms with E-state index in [4.69, 9.17) is 9.98 Å². The van der Waals surface area contributed by atoms with Gasteiger partial charge in [-0.05, 0) is 64.8 Å². The van der Waals surface area contributed by atoms with Crippen molar-refractivity contribution in [1.82, 2.24) is 0 Å². The summed E-state index contributed by atoms with van der Waals surface area (Å²) < 4.78 is 0. The van der Waals surface area contributed by atoms with Crippen LogP contribution in [0.3, 0.4) is 0 Å². The van der Waals surface area contributed by atoms with Gasteiger partial charge in [0, 0.05) is 16.5 Å². The van der Waals surface area contributed by atoms with Crippen molar-refractivity contribution in [2.24, 2.45) is 9.98 Å². The van der Waals surface area contributed by atoms with E-state index in [1.165, 1.54) is 22.3 Å². The van der Waals surface area contributed by atoms with Crippen molar-refractivity contribution in [1.29, 1.82) is 0 Å². The standard InChI is InChI=1S/C30H44N2.Ni/c1-19(2)24-14-13-15-25(20(3)4)28(24)32-22(6)21(5)31-27-18-23(29(7,8)9)16-17-26(27)30(10,11)12;/h13-20H,1-12H3;. The number of aliphatic imine (C=N–C) groups is 2. The monoisotopic (exact) mass is 490 g/mol. The van der Waals surface area contributed by atoms with Crippen molar-refractivity contribution >= 4 is 22.8 Å². The maximum Gasteiger partial charge on any atom is 0.0702 e. The topological polar surface area (TPSA) is 24.7 Å². The average molecular weight is 491 g/mol. The Morgan fingerprint density at radius 2 is 1.18 bits per heavy atom. The van der Waals surface area contributed by atoms with Crippen LogP contribution in [0.1, 0.15) is 117 Å². The molecule has 33 heavy (non-hydrogen) atoms. The Labute approximate surface area is 213 Å². The Balaban J connectivity index is 0.00000544. The molecule has 2 aromatic carbocycles. The molecule has 0 aliphatic heterocycles. The summed E-state index contributed by atoms with van der Waals surface area (Å²) in [7, 11) is 0. The van der Waals surface area contributed by atoms with Crippen molar-refractivity contribution < 1.29 is 16.5 Å². The van der Waals surface area contributed by atoms with Gasteiger partial charge in [-0.2, -0.15) is 0 Å². The molecule has 0 bridgehead atoms. The fourth-order valence-corrected chi connectivity index (χ4v) is 3.88. The van der Waals surface area contributed by atoms with Crippen molar-refractivity contribution in [2.45, 2.75) is 106 Å². The van der Waals surface area contributed by atoms with E-state index < -0.39 is 0 Å². The van der Waals surface area contributed by atoms with E-state index >= 15 is 0 Å². The molecule has 3 heteroatoms. The molecule has 0 radical (unpaired) electrons. The molecule has 0 aromatic heterocycles. The minimum atomic E-state index is 0. The molecule has 0 aliphatic rings. The Hall–Kier alpha value is -1.73. The summed E-state index contributed by atoms with van der Waals surface area (Å²) in [6, 6.07) is 13.3. The third-order valence-electron chi connectivity index (χ3n) is 6.11. The van der Waals surface area contributed by atoms with Crippen LogP contribution in [0.5, 0.6) is 0 Å². The van der Waals surface area contributed by atoms with Crippen LogP contribution < -0.4 is 0 Å². The fourth-order valence-electron chi connectivity index (χ4n) is 3.88. The van der Waals surface area contributed by atoms with E-state index in [0.29, 0.717) is 11.8 Å². The van der Waals surface area contributed by atoms with E-state index in [2.05, 4.69) is 119 Å². The third kappa shape index (κ3) is 7.38. The minimum Gasteiger partial charge on any atom is -0.252 e. The van der Waals surface area contributed by atoms with Crippen molar-refractivity contribution in [3.8, 4) is 0 Å². The molecule has 0 heterocycles. The Morgan fingerprint density at radius 1 is 0.697 bits per heavy atom. The molecule has 2 rings (SSSR count). The summed E-state index contributed by atoms with van der Waals surface area (Å²) in [4.78, 5) is 10.3. The molecule has 0 saturated carbocycles. The normalized spacial score (nSPS) is 13.5. The van der Waals surface area contributed by atoms with Gasteiger partial charge in [-0.1, -0.05) is 99.6 Å². The summed E-state index contributed by atoms with van der Waals surface area (Å²) >= 11 is 0. The van der Waals surface area contributed by atoms with Gasteiger partial charge < -0.3 is 0 Å². The SMILES string of the molecule is CC(=Nc1cc(C(C)(C)C)ccc1C(C)(C)C)C(C)=Nc1c(C(C)C)cccc1C(C)C.[Ni]. The van der Waals surface area contributed by atoms with Gasteiger partial charge in [-0.25, -0.2) is 0 Å². The Kier molecular flexibility index (Phi) is 9.89. The maximum atomic E-state index is 5.15. The number of para-hydroxylation sites is 1. The van der Waals surface area contributed by atoms with Gasteiger partial charge in [-0.3, -0.25) is 9.98 Å². The van der Waals surface area contributed by atoms with Crippen LogP contribution in [0.4, 0.5) is 11.4 Å². The smallest absolute Gasteiger partial charge is 0.0702 e. The molecule has 0 fully saturated rings. The van der Waals surface area contributed by atoms with Gasteiger partial charge in [0.05, 0.1) is 22.8 Å². The largest absolute Gasteiger partial charge is 0.252 e. The number of hydrogen-bond acceptors (Lipinski definition) is 2. The van der Waals surface area contributed by atoms with Crippen LogP contribution in [-0.4, -0.2) is 11.4 Å². The van der Waals surface area contributed by atoms with Crippen LogP contribution in [0, 0.1) is 0 Å². The van der Waals surface area contributed by atoms with E-state index in [0.717, 1.165) is 22.8 Å². The zero-order chi connectivity index (χ0) is 24.4. The van der Waals surface area contributed by atoms with Crippen molar-refractivity contribution in [3.05, 3.63) is 58.7 Å². The van der Waals surface area contributed by atoms with Crippen LogP contribution in [0.15, 0.2) is 46.4 Å². The number of benzene rings is 2. The second kappa shape index (κ2) is 11.1. The van der Waals surface area contributed by atoms with Gasteiger partial charge in [0.15, 0.2) is 0 Å². The molecule has 2 nitrogen and oxygen atoms in total. The Bertz CT molecular complexity index is 986. The fraction of sp³-hybridized carbons (Fsp3) is 0.533. The molecule has 2 aromatic rings. The van der Waals surface area contributed by atoms with Gasteiger partial charge in [0.1, 0.15) is 0 Å². The number of nitrogens with zero attached hydrogens (tertiary/aromatic N) is 2. The third-order valence-corrected chi connectivity index (χ3v) is 6.11. The quantitative estimate of drug-likeness (QED) is 0.294. The van der Waals surface area contributed by atoms with Crippen LogP contribution >= 0.6 is 0 Å². The summed E-state index contributed by atoms with van der Waals surface area (Å²) in [5.41, 5.74) is 9.39. The first-order valence-corrected chi connectivity index (χ1v) is 12.0. The molecule has 0 aliphatic carbocycles. The molecule has 184 valence electrons. The molecule has 0 N–H and O–H groups in total. The molecule has 0 saturated heterocycles. The van der Waals surface area contributed by atoms with Gasteiger partial charge in [0.2, 0.25) is 0 Å². The average Bonchev–Trinajstić information content (AvgIpc) is 2.65. The predicted molar refractivity (Wildman–Crippen MR) is 144 cm³/mol. The number of hydrogen-bond donors (Lipinski definition) is 0. The maximum absolute atomic E-state index is 5.15. The summed E-state index contributed by atoms with van der Waals surface area (Å²) in [6.45, 7) is 26.6. The van der Waals surface area contributed by atoms with E-state index in [-0.39, 0.29) is 27.3 Å².